The molecule has 2 aromatic carbocycles. The van der Waals surface area contributed by atoms with Crippen molar-refractivity contribution in [1.82, 2.24) is 0 Å². The van der Waals surface area contributed by atoms with Crippen LogP contribution in [0, 0.1) is 0 Å². The molecular formula is C22H17N3O10-2. The summed E-state index contributed by atoms with van der Waals surface area (Å²) < 4.78 is 9.23. The zero-order valence-electron chi connectivity index (χ0n) is 18.5. The highest BCUT2D eigenvalue weighted by Gasteiger charge is 2.17. The molecule has 0 spiro atoms. The molecule has 2 N–H and O–H groups in total. The topological polar surface area (TPSA) is 207 Å². The van der Waals surface area contributed by atoms with Gasteiger partial charge >= 0.3 is 17.9 Å². The van der Waals surface area contributed by atoms with Crippen molar-refractivity contribution in [3.05, 3.63) is 70.1 Å². The lowest BCUT2D eigenvalue weighted by atomic mass is 10.1. The van der Waals surface area contributed by atoms with Crippen molar-refractivity contribution in [2.45, 2.75) is 6.92 Å². The van der Waals surface area contributed by atoms with E-state index in [1.807, 2.05) is 0 Å². The third kappa shape index (κ3) is 6.47. The fourth-order valence-electron chi connectivity index (χ4n) is 2.65. The van der Waals surface area contributed by atoms with E-state index in [9.17, 15) is 34.2 Å². The molecular weight excluding hydrogens is 466 g/mol. The van der Waals surface area contributed by atoms with E-state index in [4.69, 9.17) is 5.11 Å². The number of hydrogen-bond acceptors (Lipinski definition) is 11. The van der Waals surface area contributed by atoms with Crippen molar-refractivity contribution in [3.63, 3.8) is 0 Å². The van der Waals surface area contributed by atoms with Crippen LogP contribution in [-0.2, 0) is 14.3 Å². The largest absolute Gasteiger partial charge is 0.874 e. The predicted molar refractivity (Wildman–Crippen MR) is 113 cm³/mol. The number of nitrogens with zero attached hydrogens (tertiary/aromatic N) is 2. The van der Waals surface area contributed by atoms with Gasteiger partial charge in [0.25, 0.3) is 5.91 Å². The van der Waals surface area contributed by atoms with Gasteiger partial charge < -0.3 is 34.9 Å². The Morgan fingerprint density at radius 1 is 0.886 bits per heavy atom. The summed E-state index contributed by atoms with van der Waals surface area (Å²) in [5.74, 6) is -6.79. The average molecular weight is 483 g/mol. The number of azo groups is 1. The van der Waals surface area contributed by atoms with Crippen LogP contribution in [0.5, 0.6) is 0 Å². The van der Waals surface area contributed by atoms with E-state index in [-0.39, 0.29) is 22.5 Å². The molecule has 2 aromatic rings. The van der Waals surface area contributed by atoms with Gasteiger partial charge in [0.15, 0.2) is 0 Å². The number of allylic oxidation sites excluding steroid dienone is 1. The van der Waals surface area contributed by atoms with Gasteiger partial charge in [0, 0.05) is 11.3 Å². The standard InChI is InChI=1S/C22H19N3O10/c1-10(26)17(18(27)23-14-7-12(19(28)29)6-13(8-14)20(30)31)25-24-16-9-11(21(32)34-2)4-5-15(16)22(33)35-3/h4-9,26H,1-3H3,(H,23,27)(H,28,29)(H,30,31)/p-2/b17-10+,25-24?. The summed E-state index contributed by atoms with van der Waals surface area (Å²) in [4.78, 5) is 58.8. The summed E-state index contributed by atoms with van der Waals surface area (Å²) in [5.41, 5.74) is -2.42. The number of rotatable bonds is 8. The number of carbonyl (C=O) groups excluding carboxylic acids is 4. The van der Waals surface area contributed by atoms with Crippen LogP contribution in [0.4, 0.5) is 11.4 Å². The van der Waals surface area contributed by atoms with E-state index in [2.05, 4.69) is 25.0 Å². The molecule has 13 heteroatoms. The lowest BCUT2D eigenvalue weighted by Gasteiger charge is -2.13. The van der Waals surface area contributed by atoms with Crippen LogP contribution in [0.15, 0.2) is 58.1 Å². The van der Waals surface area contributed by atoms with Gasteiger partial charge in [-0.3, -0.25) is 4.79 Å². The van der Waals surface area contributed by atoms with Crippen molar-refractivity contribution < 1.29 is 48.8 Å². The van der Waals surface area contributed by atoms with Crippen molar-refractivity contribution in [3.8, 4) is 0 Å². The molecule has 0 fully saturated rings. The van der Waals surface area contributed by atoms with Crippen LogP contribution in [0.1, 0.15) is 48.4 Å². The first-order chi connectivity index (χ1) is 16.5. The minimum atomic E-state index is -1.69. The summed E-state index contributed by atoms with van der Waals surface area (Å²) in [6, 6.07) is 6.30. The van der Waals surface area contributed by atoms with Gasteiger partial charge in [0.05, 0.1) is 36.9 Å². The molecule has 0 saturated carbocycles. The highest BCUT2D eigenvalue weighted by atomic mass is 16.5. The number of benzene rings is 2. The lowest BCUT2D eigenvalue weighted by molar-refractivity contribution is -0.303. The molecule has 0 aromatic heterocycles. The molecule has 1 amide bonds. The third-order valence-electron chi connectivity index (χ3n) is 4.30. The van der Waals surface area contributed by atoms with Gasteiger partial charge in [-0.2, -0.15) is 0 Å². The maximum absolute atomic E-state index is 12.6. The molecule has 0 aliphatic carbocycles. The number of carboxylic acid groups (broad SMARTS) is 2. The second-order valence-electron chi connectivity index (χ2n) is 6.67. The zero-order chi connectivity index (χ0) is 26.3. The number of esters is 2. The van der Waals surface area contributed by atoms with Gasteiger partial charge in [-0.05, 0) is 36.4 Å². The Morgan fingerprint density at radius 2 is 1.51 bits per heavy atom. The van der Waals surface area contributed by atoms with Crippen LogP contribution >= 0.6 is 0 Å². The molecule has 0 aliphatic heterocycles. The first-order valence-corrected chi connectivity index (χ1v) is 9.49. The summed E-state index contributed by atoms with van der Waals surface area (Å²) in [7, 11) is 2.24. The molecule has 0 aliphatic rings. The average Bonchev–Trinajstić information content (AvgIpc) is 2.82. The molecule has 35 heavy (non-hydrogen) atoms. The number of nitrogens with one attached hydrogen (secondary N) is 1. The number of methoxy groups -OCH3 is 2. The first kappa shape index (κ1) is 26.2. The quantitative estimate of drug-likeness (QED) is 0.232. The van der Waals surface area contributed by atoms with Crippen LogP contribution in [0.2, 0.25) is 0 Å². The van der Waals surface area contributed by atoms with Crippen molar-refractivity contribution in [2.75, 3.05) is 19.5 Å². The second-order valence-corrected chi connectivity index (χ2v) is 6.67. The Kier molecular flexibility index (Phi) is 8.36. The SMILES string of the molecule is COC(=O)c1ccc(C(=O)OC)c(N=N/C(C(=O)Nc2cc(C(=O)[O-])cc(C(=O)O)c2)=C(\C)[O-])c1. The van der Waals surface area contributed by atoms with Gasteiger partial charge in [0.1, 0.15) is 11.4 Å². The number of aromatic carboxylic acids is 2. The van der Waals surface area contributed by atoms with Crippen molar-refractivity contribution in [2.24, 2.45) is 10.2 Å². The fourth-order valence-corrected chi connectivity index (χ4v) is 2.65. The number of ether oxygens (including phenoxy) is 2. The summed E-state index contributed by atoms with van der Waals surface area (Å²) >= 11 is 0. The van der Waals surface area contributed by atoms with E-state index in [0.29, 0.717) is 0 Å². The second kappa shape index (κ2) is 11.2. The van der Waals surface area contributed by atoms with Crippen molar-refractivity contribution in [1.29, 1.82) is 0 Å². The molecule has 0 bridgehead atoms. The number of carbonyl (C=O) groups is 5. The van der Waals surface area contributed by atoms with E-state index >= 15 is 0 Å². The van der Waals surface area contributed by atoms with E-state index in [0.717, 1.165) is 45.4 Å². The normalized spacial score (nSPS) is 11.4. The Bertz CT molecular complexity index is 1240. The summed E-state index contributed by atoms with van der Waals surface area (Å²) in [5, 5.41) is 41.8. The van der Waals surface area contributed by atoms with Crippen LogP contribution in [0.3, 0.4) is 0 Å². The third-order valence-corrected chi connectivity index (χ3v) is 4.30. The van der Waals surface area contributed by atoms with E-state index < -0.39 is 52.4 Å². The molecule has 0 atom stereocenters. The highest BCUT2D eigenvalue weighted by molar-refractivity contribution is 6.05. The maximum atomic E-state index is 12.6. The Labute approximate surface area is 197 Å². The van der Waals surface area contributed by atoms with Crippen LogP contribution in [0.25, 0.3) is 0 Å². The molecule has 182 valence electrons. The smallest absolute Gasteiger partial charge is 0.340 e. The maximum Gasteiger partial charge on any atom is 0.340 e. The first-order valence-electron chi connectivity index (χ1n) is 9.49. The minimum Gasteiger partial charge on any atom is -0.874 e. The molecule has 0 radical (unpaired) electrons. The fraction of sp³-hybridized carbons (Fsp3) is 0.136. The summed E-state index contributed by atoms with van der Waals surface area (Å²) in [6.07, 6.45) is 0. The van der Waals surface area contributed by atoms with E-state index in [1.54, 1.807) is 0 Å². The molecule has 2 rings (SSSR count). The van der Waals surface area contributed by atoms with Crippen molar-refractivity contribution >= 4 is 41.2 Å². The predicted octanol–water partition coefficient (Wildman–Crippen LogP) is 0.636. The molecule has 0 saturated heterocycles. The monoisotopic (exact) mass is 483 g/mol. The van der Waals surface area contributed by atoms with E-state index in [1.165, 1.54) is 12.1 Å². The number of amides is 1. The molecule has 13 nitrogen and oxygen atoms in total. The zero-order valence-corrected chi connectivity index (χ0v) is 18.5. The van der Waals surface area contributed by atoms with Gasteiger partial charge in [-0.25, -0.2) is 14.4 Å². The van der Waals surface area contributed by atoms with Crippen LogP contribution < -0.4 is 15.5 Å². The Morgan fingerprint density at radius 3 is 2.06 bits per heavy atom. The molecule has 0 heterocycles. The highest BCUT2D eigenvalue weighted by Crippen LogP contribution is 2.25. The Balaban J connectivity index is 2.46. The number of carboxylic acids is 2. The number of anilines is 1. The lowest BCUT2D eigenvalue weighted by Crippen LogP contribution is -2.23. The van der Waals surface area contributed by atoms with Gasteiger partial charge in [-0.1, -0.05) is 6.92 Å². The van der Waals surface area contributed by atoms with Crippen LogP contribution in [-0.4, -0.2) is 49.1 Å². The minimum absolute atomic E-state index is 0.0109. The Hall–Kier alpha value is -5.07. The van der Waals surface area contributed by atoms with Gasteiger partial charge in [0.2, 0.25) is 0 Å². The number of hydrogen-bond donors (Lipinski definition) is 2. The van der Waals surface area contributed by atoms with Gasteiger partial charge in [-0.15, -0.1) is 16.0 Å². The molecule has 0 unspecified atom stereocenters. The summed E-state index contributed by atoms with van der Waals surface area (Å²) in [6.45, 7) is 0.986.